The molecule has 7 heteroatoms. The monoisotopic (exact) mass is 333 g/mol. The highest BCUT2D eigenvalue weighted by atomic mass is 16.6. The lowest BCUT2D eigenvalue weighted by molar-refractivity contribution is -0.130. The number of amides is 1. The Morgan fingerprint density at radius 1 is 1.17 bits per heavy atom. The van der Waals surface area contributed by atoms with Gasteiger partial charge in [0.05, 0.1) is 20.0 Å². The molecule has 1 N–H and O–H groups in total. The number of ether oxygens (including phenoxy) is 3. The van der Waals surface area contributed by atoms with Gasteiger partial charge in [-0.3, -0.25) is 4.79 Å². The van der Waals surface area contributed by atoms with Crippen LogP contribution < -0.4 is 10.1 Å². The van der Waals surface area contributed by atoms with E-state index in [2.05, 4.69) is 5.32 Å². The highest BCUT2D eigenvalue weighted by Gasteiger charge is 2.29. The molecule has 1 heterocycles. The highest BCUT2D eigenvalue weighted by molar-refractivity contribution is 5.91. The summed E-state index contributed by atoms with van der Waals surface area (Å²) in [5.74, 6) is -0.759. The van der Waals surface area contributed by atoms with Gasteiger partial charge >= 0.3 is 5.97 Å². The lowest BCUT2D eigenvalue weighted by Gasteiger charge is -2.19. The Labute approximate surface area is 139 Å². The molecular weight excluding hydrogens is 314 g/mol. The van der Waals surface area contributed by atoms with Crippen LogP contribution in [0.5, 0.6) is 5.75 Å². The topological polar surface area (TPSA) is 87.0 Å². The number of nitrogens with one attached hydrogen (secondary N) is 1. The predicted octanol–water partition coefficient (Wildman–Crippen LogP) is 1.95. The summed E-state index contributed by atoms with van der Waals surface area (Å²) in [6, 6.07) is 9.86. The quantitative estimate of drug-likeness (QED) is 0.587. The summed E-state index contributed by atoms with van der Waals surface area (Å²) in [5, 5.41) is 2.66. The first-order chi connectivity index (χ1) is 11.7. The van der Waals surface area contributed by atoms with Crippen LogP contribution in [0, 0.1) is 0 Å². The summed E-state index contributed by atoms with van der Waals surface area (Å²) < 4.78 is 20.5. The zero-order valence-corrected chi connectivity index (χ0v) is 13.5. The van der Waals surface area contributed by atoms with Gasteiger partial charge in [0.2, 0.25) is 11.9 Å². The number of para-hydroxylation sites is 1. The number of hydrogen-bond donors (Lipinski definition) is 1. The first kappa shape index (κ1) is 17.6. The molecule has 2 aromatic rings. The molecule has 1 aromatic heterocycles. The third-order valence-electron chi connectivity index (χ3n) is 3.21. The summed E-state index contributed by atoms with van der Waals surface area (Å²) in [6.45, 7) is 0.635. The number of methoxy groups -OCH3 is 2. The molecule has 0 radical (unpaired) electrons. The van der Waals surface area contributed by atoms with E-state index in [0.29, 0.717) is 24.5 Å². The van der Waals surface area contributed by atoms with Crippen molar-refractivity contribution >= 4 is 11.9 Å². The van der Waals surface area contributed by atoms with Gasteiger partial charge in [0.15, 0.2) is 0 Å². The smallest absolute Gasteiger partial charge is 0.375 e. The Balaban J connectivity index is 2.23. The Morgan fingerprint density at radius 3 is 2.62 bits per heavy atom. The fourth-order valence-corrected chi connectivity index (χ4v) is 2.07. The minimum atomic E-state index is -1.17. The number of carbonyl (C=O) groups is 2. The zero-order valence-electron chi connectivity index (χ0n) is 13.5. The lowest BCUT2D eigenvalue weighted by Crippen LogP contribution is -2.34. The molecule has 0 aliphatic carbocycles. The molecule has 0 unspecified atom stereocenters. The van der Waals surface area contributed by atoms with Crippen molar-refractivity contribution in [3.8, 4) is 5.75 Å². The maximum atomic E-state index is 12.5. The van der Waals surface area contributed by atoms with Crippen molar-refractivity contribution in [1.82, 2.24) is 5.32 Å². The molecule has 1 aromatic carbocycles. The van der Waals surface area contributed by atoms with Crippen molar-refractivity contribution in [3.63, 3.8) is 0 Å². The second kappa shape index (κ2) is 8.73. The van der Waals surface area contributed by atoms with Crippen molar-refractivity contribution in [2.45, 2.75) is 6.10 Å². The van der Waals surface area contributed by atoms with Crippen LogP contribution in [-0.2, 0) is 14.3 Å². The van der Waals surface area contributed by atoms with Crippen LogP contribution in [0.3, 0.4) is 0 Å². The first-order valence-electron chi connectivity index (χ1n) is 7.31. The molecule has 128 valence electrons. The summed E-state index contributed by atoms with van der Waals surface area (Å²) in [4.78, 5) is 24.6. The van der Waals surface area contributed by atoms with Crippen LogP contribution in [0.15, 0.2) is 47.1 Å². The zero-order chi connectivity index (χ0) is 17.4. The van der Waals surface area contributed by atoms with Gasteiger partial charge in [-0.2, -0.15) is 0 Å². The summed E-state index contributed by atoms with van der Waals surface area (Å²) in [6.07, 6.45) is 0.184. The molecule has 7 nitrogen and oxygen atoms in total. The number of hydrogen-bond acceptors (Lipinski definition) is 6. The summed E-state index contributed by atoms with van der Waals surface area (Å²) in [5.41, 5.74) is 0.440. The normalized spacial score (nSPS) is 11.6. The fourth-order valence-electron chi connectivity index (χ4n) is 2.07. The van der Waals surface area contributed by atoms with E-state index in [4.69, 9.17) is 18.6 Å². The Bertz CT molecular complexity index is 667. The summed E-state index contributed by atoms with van der Waals surface area (Å²) in [7, 11) is 3.01. The Morgan fingerprint density at radius 2 is 1.96 bits per heavy atom. The van der Waals surface area contributed by atoms with Crippen LogP contribution in [0.25, 0.3) is 0 Å². The first-order valence-corrected chi connectivity index (χ1v) is 7.31. The molecule has 0 bridgehead atoms. The standard InChI is InChI=1S/C17H19NO6/c1-21-11-9-18-16(19)15(12-6-3-4-7-13(12)22-2)24-17(20)14-8-5-10-23-14/h3-8,10,15H,9,11H2,1-2H3,(H,18,19)/t15-/m1/s1. The van der Waals surface area contributed by atoms with E-state index in [1.54, 1.807) is 30.3 Å². The van der Waals surface area contributed by atoms with E-state index < -0.39 is 18.0 Å². The van der Waals surface area contributed by atoms with Crippen LogP contribution in [0.1, 0.15) is 22.2 Å². The van der Waals surface area contributed by atoms with Gasteiger partial charge in [-0.25, -0.2) is 4.79 Å². The molecule has 2 rings (SSSR count). The van der Waals surface area contributed by atoms with E-state index in [1.807, 2.05) is 0 Å². The lowest BCUT2D eigenvalue weighted by atomic mass is 10.1. The molecule has 0 fully saturated rings. The van der Waals surface area contributed by atoms with Gasteiger partial charge in [0.25, 0.3) is 5.91 Å². The molecule has 1 atom stereocenters. The highest BCUT2D eigenvalue weighted by Crippen LogP contribution is 2.28. The van der Waals surface area contributed by atoms with Crippen LogP contribution in [0.4, 0.5) is 0 Å². The minimum Gasteiger partial charge on any atom is -0.496 e. The maximum absolute atomic E-state index is 12.5. The third kappa shape index (κ3) is 4.36. The molecule has 0 aliphatic rings. The number of carbonyl (C=O) groups excluding carboxylic acids is 2. The van der Waals surface area contributed by atoms with Crippen LogP contribution in [0.2, 0.25) is 0 Å². The van der Waals surface area contributed by atoms with Crippen molar-refractivity contribution < 1.29 is 28.2 Å². The van der Waals surface area contributed by atoms with E-state index in [-0.39, 0.29) is 5.76 Å². The second-order valence-electron chi connectivity index (χ2n) is 4.79. The van der Waals surface area contributed by atoms with Gasteiger partial charge < -0.3 is 23.9 Å². The molecule has 0 spiro atoms. The van der Waals surface area contributed by atoms with Gasteiger partial charge in [0, 0.05) is 19.2 Å². The average Bonchev–Trinajstić information content (AvgIpc) is 3.14. The number of benzene rings is 1. The van der Waals surface area contributed by atoms with E-state index in [9.17, 15) is 9.59 Å². The Kier molecular flexibility index (Phi) is 6.39. The second-order valence-corrected chi connectivity index (χ2v) is 4.79. The Hall–Kier alpha value is -2.80. The van der Waals surface area contributed by atoms with E-state index >= 15 is 0 Å². The largest absolute Gasteiger partial charge is 0.496 e. The van der Waals surface area contributed by atoms with Crippen LogP contribution >= 0.6 is 0 Å². The number of esters is 1. The van der Waals surface area contributed by atoms with Crippen LogP contribution in [-0.4, -0.2) is 39.2 Å². The van der Waals surface area contributed by atoms with Crippen molar-refractivity contribution in [1.29, 1.82) is 0 Å². The van der Waals surface area contributed by atoms with Gasteiger partial charge in [-0.1, -0.05) is 18.2 Å². The average molecular weight is 333 g/mol. The molecule has 0 saturated heterocycles. The predicted molar refractivity (Wildman–Crippen MR) is 84.7 cm³/mol. The number of rotatable bonds is 8. The third-order valence-corrected chi connectivity index (χ3v) is 3.21. The maximum Gasteiger partial charge on any atom is 0.375 e. The molecule has 1 amide bonds. The molecule has 0 aliphatic heterocycles. The van der Waals surface area contributed by atoms with Crippen molar-refractivity contribution in [2.24, 2.45) is 0 Å². The molecule has 0 saturated carbocycles. The van der Waals surface area contributed by atoms with Crippen molar-refractivity contribution in [3.05, 3.63) is 54.0 Å². The SMILES string of the molecule is COCCNC(=O)[C@H](OC(=O)c1ccco1)c1ccccc1OC. The summed E-state index contributed by atoms with van der Waals surface area (Å²) >= 11 is 0. The van der Waals surface area contributed by atoms with E-state index in [1.165, 1.54) is 26.5 Å². The van der Waals surface area contributed by atoms with Gasteiger partial charge in [-0.15, -0.1) is 0 Å². The molecular formula is C17H19NO6. The fraction of sp³-hybridized carbons (Fsp3) is 0.294. The van der Waals surface area contributed by atoms with Crippen molar-refractivity contribution in [2.75, 3.05) is 27.4 Å². The minimum absolute atomic E-state index is 0.0135. The van der Waals surface area contributed by atoms with E-state index in [0.717, 1.165) is 0 Å². The number of furan rings is 1. The van der Waals surface area contributed by atoms with Gasteiger partial charge in [-0.05, 0) is 18.2 Å². The van der Waals surface area contributed by atoms with Gasteiger partial charge in [0.1, 0.15) is 5.75 Å². The molecule has 24 heavy (non-hydrogen) atoms.